The van der Waals surface area contributed by atoms with Gasteiger partial charge >= 0.3 is 5.97 Å². The number of Topliss-reactive ketones (excluding diaryl/α,β-unsaturated/α-hetero) is 2. The number of hydrogen-bond acceptors (Lipinski definition) is 9. The van der Waals surface area contributed by atoms with Crippen LogP contribution >= 0.6 is 0 Å². The molecule has 6 unspecified atom stereocenters. The van der Waals surface area contributed by atoms with Gasteiger partial charge in [-0.05, 0) is 79.1 Å². The van der Waals surface area contributed by atoms with E-state index < -0.39 is 47.3 Å². The number of nitrogens with one attached hydrogen (secondary N) is 1. The average molecular weight is 581 g/mol. The van der Waals surface area contributed by atoms with Crippen LogP contribution in [0.3, 0.4) is 0 Å². The Hall–Kier alpha value is -1.65. The summed E-state index contributed by atoms with van der Waals surface area (Å²) in [7, 11) is 5.64. The molecular weight excluding hydrogens is 524 g/mol. The van der Waals surface area contributed by atoms with E-state index in [1.165, 1.54) is 0 Å². The van der Waals surface area contributed by atoms with Crippen molar-refractivity contribution >= 4 is 17.5 Å². The third-order valence-corrected chi connectivity index (χ3v) is 9.14. The zero-order valence-corrected chi connectivity index (χ0v) is 27.7. The van der Waals surface area contributed by atoms with Crippen LogP contribution in [0.2, 0.25) is 0 Å². The van der Waals surface area contributed by atoms with E-state index in [1.54, 1.807) is 27.9 Å². The Morgan fingerprint density at radius 1 is 1.07 bits per heavy atom. The number of esters is 1. The number of ketones is 2. The maximum atomic E-state index is 13.9. The first kappa shape index (κ1) is 35.5. The summed E-state index contributed by atoms with van der Waals surface area (Å²) in [5.74, 6) is -2.86. The number of rotatable bonds is 6. The van der Waals surface area contributed by atoms with Gasteiger partial charge in [-0.15, -0.1) is 0 Å². The molecule has 0 saturated carbocycles. The van der Waals surface area contributed by atoms with Crippen molar-refractivity contribution in [3.8, 4) is 0 Å². The topological polar surface area (TPSA) is 103 Å². The minimum absolute atomic E-state index is 0.00821. The zero-order chi connectivity index (χ0) is 31.4. The maximum absolute atomic E-state index is 13.9. The molecule has 0 aromatic carbocycles. The van der Waals surface area contributed by atoms with Crippen LogP contribution in [-0.2, 0) is 33.3 Å². The van der Waals surface area contributed by atoms with Gasteiger partial charge in [0.05, 0.1) is 17.7 Å². The third-order valence-electron chi connectivity index (χ3n) is 9.14. The monoisotopic (exact) mass is 580 g/mol. The van der Waals surface area contributed by atoms with Crippen LogP contribution in [0.4, 0.5) is 0 Å². The van der Waals surface area contributed by atoms with Crippen molar-refractivity contribution in [3.05, 3.63) is 11.6 Å². The summed E-state index contributed by atoms with van der Waals surface area (Å²) in [5.41, 5.74) is -0.813. The molecule has 1 fully saturated rings. The SMILES string of the molecule is CCNC1(C)/C=C(\C)C(=O)C(C)CC(C)(C)C(OC2O[C@H](C)CC(N(C)C)C2OC)[C@@H](C)C(=O)[C@@H](C)C(=O)O[C@@H]1C. The third kappa shape index (κ3) is 8.25. The van der Waals surface area contributed by atoms with E-state index in [9.17, 15) is 14.4 Å². The summed E-state index contributed by atoms with van der Waals surface area (Å²) in [4.78, 5) is 43.0. The van der Waals surface area contributed by atoms with Crippen LogP contribution in [0.15, 0.2) is 11.6 Å². The Morgan fingerprint density at radius 3 is 2.22 bits per heavy atom. The number of likely N-dealkylation sites (N-methyl/N-ethyl adjacent to an activating group) is 2. The van der Waals surface area contributed by atoms with Crippen molar-refractivity contribution in [2.45, 2.75) is 124 Å². The van der Waals surface area contributed by atoms with Crippen molar-refractivity contribution in [1.29, 1.82) is 0 Å². The van der Waals surface area contributed by atoms with Gasteiger partial charge in [0.15, 0.2) is 17.9 Å². The second kappa shape index (κ2) is 14.2. The minimum atomic E-state index is -0.994. The van der Waals surface area contributed by atoms with E-state index in [0.29, 0.717) is 18.5 Å². The van der Waals surface area contributed by atoms with E-state index >= 15 is 0 Å². The first-order valence-corrected chi connectivity index (χ1v) is 15.1. The van der Waals surface area contributed by atoms with Crippen LogP contribution in [0.1, 0.15) is 82.1 Å². The Kier molecular flexibility index (Phi) is 12.3. The molecule has 9 heteroatoms. The number of cyclic esters (lactones) is 1. The number of methoxy groups -OCH3 is 1. The van der Waals surface area contributed by atoms with Crippen LogP contribution < -0.4 is 5.32 Å². The second-order valence-corrected chi connectivity index (χ2v) is 13.4. The largest absolute Gasteiger partial charge is 0.460 e. The summed E-state index contributed by atoms with van der Waals surface area (Å²) in [6.07, 6.45) is 0.632. The molecule has 0 radical (unpaired) electrons. The Labute approximate surface area is 248 Å². The number of nitrogens with zero attached hydrogens (tertiary/aromatic N) is 1. The molecule has 236 valence electrons. The molecule has 2 heterocycles. The van der Waals surface area contributed by atoms with E-state index in [4.69, 9.17) is 18.9 Å². The number of ether oxygens (including phenoxy) is 4. The zero-order valence-electron chi connectivity index (χ0n) is 27.7. The van der Waals surface area contributed by atoms with Gasteiger partial charge in [0.2, 0.25) is 0 Å². The lowest BCUT2D eigenvalue weighted by Crippen LogP contribution is -2.58. The molecule has 1 saturated heterocycles. The maximum Gasteiger partial charge on any atom is 0.316 e. The lowest BCUT2D eigenvalue weighted by atomic mass is 9.71. The Morgan fingerprint density at radius 2 is 1.68 bits per heavy atom. The molecule has 0 aromatic heterocycles. The van der Waals surface area contributed by atoms with Crippen molar-refractivity contribution < 1.29 is 33.3 Å². The van der Waals surface area contributed by atoms with Crippen LogP contribution in [0, 0.1) is 23.2 Å². The lowest BCUT2D eigenvalue weighted by molar-refractivity contribution is -0.289. The van der Waals surface area contributed by atoms with Crippen molar-refractivity contribution in [1.82, 2.24) is 10.2 Å². The van der Waals surface area contributed by atoms with Crippen molar-refractivity contribution in [3.63, 3.8) is 0 Å². The van der Waals surface area contributed by atoms with Gasteiger partial charge in [-0.1, -0.05) is 40.7 Å². The number of allylic oxidation sites excluding steroid dienone is 1. The summed E-state index contributed by atoms with van der Waals surface area (Å²) in [5, 5.41) is 3.37. The highest BCUT2D eigenvalue weighted by molar-refractivity contribution is 6.00. The Bertz CT molecular complexity index is 964. The molecule has 0 amide bonds. The molecule has 2 aliphatic heterocycles. The molecule has 41 heavy (non-hydrogen) atoms. The Balaban J connectivity index is 2.59. The highest BCUT2D eigenvalue weighted by Gasteiger charge is 2.48. The highest BCUT2D eigenvalue weighted by atomic mass is 16.7. The van der Waals surface area contributed by atoms with Gasteiger partial charge in [0.25, 0.3) is 0 Å². The van der Waals surface area contributed by atoms with E-state index in [-0.39, 0.29) is 35.7 Å². The molecule has 1 N–H and O–H groups in total. The van der Waals surface area contributed by atoms with Crippen LogP contribution in [0.25, 0.3) is 0 Å². The molecule has 0 bridgehead atoms. The molecule has 10 atom stereocenters. The molecular formula is C32H56N2O7. The highest BCUT2D eigenvalue weighted by Crippen LogP contribution is 2.40. The van der Waals surface area contributed by atoms with Gasteiger partial charge in [0.1, 0.15) is 18.1 Å². The summed E-state index contributed by atoms with van der Waals surface area (Å²) < 4.78 is 24.8. The molecule has 0 aliphatic carbocycles. The predicted octanol–water partition coefficient (Wildman–Crippen LogP) is 4.17. The fourth-order valence-electron chi connectivity index (χ4n) is 6.68. The van der Waals surface area contributed by atoms with E-state index in [0.717, 1.165) is 6.42 Å². The summed E-state index contributed by atoms with van der Waals surface area (Å²) in [6.45, 7) is 19.4. The normalized spacial score (nSPS) is 41.0. The van der Waals surface area contributed by atoms with E-state index in [2.05, 4.69) is 10.2 Å². The fourth-order valence-corrected chi connectivity index (χ4v) is 6.68. The summed E-state index contributed by atoms with van der Waals surface area (Å²) >= 11 is 0. The molecule has 0 spiro atoms. The average Bonchev–Trinajstić information content (AvgIpc) is 2.88. The quantitative estimate of drug-likeness (QED) is 0.366. The second-order valence-electron chi connectivity index (χ2n) is 13.4. The van der Waals surface area contributed by atoms with Gasteiger partial charge in [-0.3, -0.25) is 14.4 Å². The van der Waals surface area contributed by atoms with Crippen molar-refractivity contribution in [2.75, 3.05) is 27.7 Å². The van der Waals surface area contributed by atoms with Gasteiger partial charge in [-0.2, -0.15) is 0 Å². The first-order chi connectivity index (χ1) is 18.9. The lowest BCUT2D eigenvalue weighted by Gasteiger charge is -2.47. The van der Waals surface area contributed by atoms with Gasteiger partial charge in [-0.25, -0.2) is 0 Å². The van der Waals surface area contributed by atoms with Crippen LogP contribution in [-0.4, -0.2) is 92.5 Å². The van der Waals surface area contributed by atoms with E-state index in [1.807, 2.05) is 68.6 Å². The summed E-state index contributed by atoms with van der Waals surface area (Å²) in [6, 6.07) is 0.0519. The molecule has 0 aromatic rings. The first-order valence-electron chi connectivity index (χ1n) is 15.1. The number of hydrogen-bond donors (Lipinski definition) is 1. The standard InChI is InChI=1S/C32H56N2O7/c1-14-33-32(10)17-19(3)25(35)18(2)16-31(8,9)28(21(5)26(36)22(6)29(37)40-23(32)7)41-30-27(38-13)24(34(11)12)15-20(4)39-30/h17-18,20-24,27-28,30,33H,14-16H2,1-13H3/b19-17+/t18?,20-,21+,22-,23-,24?,27?,28?,30?,32?/m1/s1. The minimum Gasteiger partial charge on any atom is -0.460 e. The smallest absolute Gasteiger partial charge is 0.316 e. The fraction of sp³-hybridized carbons (Fsp3) is 0.844. The molecule has 9 nitrogen and oxygen atoms in total. The molecule has 2 aliphatic rings. The number of carbonyl (C=O) groups excluding carboxylic acids is 3. The molecule has 2 rings (SSSR count). The van der Waals surface area contributed by atoms with Gasteiger partial charge < -0.3 is 29.2 Å². The predicted molar refractivity (Wildman–Crippen MR) is 159 cm³/mol. The number of carbonyl (C=O) groups is 3. The van der Waals surface area contributed by atoms with Crippen LogP contribution in [0.5, 0.6) is 0 Å². The van der Waals surface area contributed by atoms with Crippen molar-refractivity contribution in [2.24, 2.45) is 23.2 Å². The van der Waals surface area contributed by atoms with Gasteiger partial charge in [0, 0.05) is 25.0 Å².